The molecule has 1 aromatic carbocycles. The number of halogens is 1. The molecule has 3 rings (SSSR count). The van der Waals surface area contributed by atoms with E-state index in [1.165, 1.54) is 6.07 Å². The molecule has 2 fully saturated rings. The Kier molecular flexibility index (Phi) is 5.29. The third kappa shape index (κ3) is 3.83. The van der Waals surface area contributed by atoms with Gasteiger partial charge in [-0.05, 0) is 49.8 Å². The molecule has 1 N–H and O–H groups in total. The average Bonchev–Trinajstić information content (AvgIpc) is 3.09. The van der Waals surface area contributed by atoms with Crippen molar-refractivity contribution in [3.05, 3.63) is 28.8 Å². The summed E-state index contributed by atoms with van der Waals surface area (Å²) in [6.45, 7) is 3.04. The van der Waals surface area contributed by atoms with Crippen LogP contribution in [-0.4, -0.2) is 52.9 Å². The van der Waals surface area contributed by atoms with E-state index in [0.29, 0.717) is 30.5 Å². The quantitative estimate of drug-likeness (QED) is 0.911. The van der Waals surface area contributed by atoms with E-state index < -0.39 is 0 Å². The minimum atomic E-state index is -0.173. The van der Waals surface area contributed by atoms with Gasteiger partial charge in [0.2, 0.25) is 5.91 Å². The van der Waals surface area contributed by atoms with Crippen LogP contribution in [0.1, 0.15) is 42.5 Å². The summed E-state index contributed by atoms with van der Waals surface area (Å²) in [6.07, 6.45) is 4.49. The van der Waals surface area contributed by atoms with Crippen molar-refractivity contribution >= 4 is 23.4 Å². The van der Waals surface area contributed by atoms with Gasteiger partial charge in [0, 0.05) is 37.6 Å². The van der Waals surface area contributed by atoms with E-state index in [1.54, 1.807) is 17.0 Å². The number of rotatable bonds is 3. The second-order valence-electron chi connectivity index (χ2n) is 6.69. The molecule has 0 radical (unpaired) electrons. The first-order valence-corrected chi connectivity index (χ1v) is 8.98. The van der Waals surface area contributed by atoms with Gasteiger partial charge in [-0.3, -0.25) is 9.59 Å². The molecule has 2 heterocycles. The highest BCUT2D eigenvalue weighted by Gasteiger charge is 2.28. The molecule has 2 amide bonds. The number of carbonyl (C=O) groups is 2. The molecule has 2 aliphatic heterocycles. The molecule has 0 saturated carbocycles. The monoisotopic (exact) mass is 350 g/mol. The molecule has 24 heavy (non-hydrogen) atoms. The normalized spacial score (nSPS) is 18.9. The number of piperidine rings is 1. The molecule has 0 bridgehead atoms. The molecule has 1 aromatic rings. The van der Waals surface area contributed by atoms with Crippen LogP contribution in [0.25, 0.3) is 0 Å². The van der Waals surface area contributed by atoms with Gasteiger partial charge in [0.15, 0.2) is 0 Å². The fourth-order valence-corrected chi connectivity index (χ4v) is 3.71. The van der Waals surface area contributed by atoms with Crippen LogP contribution >= 0.6 is 11.6 Å². The second-order valence-corrected chi connectivity index (χ2v) is 7.13. The molecule has 0 aliphatic carbocycles. The summed E-state index contributed by atoms with van der Waals surface area (Å²) in [5.41, 5.74) is 0.283. The van der Waals surface area contributed by atoms with E-state index >= 15 is 0 Å². The number of phenolic OH excluding ortho intramolecular Hbond substituents is 1. The maximum atomic E-state index is 12.5. The number of hydrogen-bond donors (Lipinski definition) is 1. The van der Waals surface area contributed by atoms with Gasteiger partial charge in [-0.15, -0.1) is 0 Å². The molecule has 5 nitrogen and oxygen atoms in total. The van der Waals surface area contributed by atoms with Crippen molar-refractivity contribution in [3.63, 3.8) is 0 Å². The van der Waals surface area contributed by atoms with E-state index in [-0.39, 0.29) is 23.1 Å². The Hall–Kier alpha value is -1.75. The summed E-state index contributed by atoms with van der Waals surface area (Å²) >= 11 is 5.81. The van der Waals surface area contributed by atoms with Crippen molar-refractivity contribution in [2.45, 2.75) is 32.1 Å². The Morgan fingerprint density at radius 1 is 1.08 bits per heavy atom. The standard InChI is InChI=1S/C18H23ClN2O3/c19-14-3-4-15(16(22)12-14)18(24)21-9-5-13(6-10-21)11-17(23)20-7-1-2-8-20/h3-4,12-13,22H,1-2,5-11H2. The van der Waals surface area contributed by atoms with Crippen molar-refractivity contribution in [2.24, 2.45) is 5.92 Å². The highest BCUT2D eigenvalue weighted by atomic mass is 35.5. The lowest BCUT2D eigenvalue weighted by Gasteiger charge is -2.32. The van der Waals surface area contributed by atoms with Gasteiger partial charge in [0.25, 0.3) is 5.91 Å². The molecule has 130 valence electrons. The topological polar surface area (TPSA) is 60.9 Å². The predicted octanol–water partition coefficient (Wildman–Crippen LogP) is 2.91. The number of likely N-dealkylation sites (tertiary alicyclic amines) is 2. The van der Waals surface area contributed by atoms with E-state index in [0.717, 1.165) is 38.8 Å². The van der Waals surface area contributed by atoms with Crippen LogP contribution < -0.4 is 0 Å². The number of benzene rings is 1. The Balaban J connectivity index is 1.52. The van der Waals surface area contributed by atoms with E-state index in [9.17, 15) is 14.7 Å². The average molecular weight is 351 g/mol. The van der Waals surface area contributed by atoms with Gasteiger partial charge in [-0.25, -0.2) is 0 Å². The zero-order valence-corrected chi connectivity index (χ0v) is 14.5. The maximum Gasteiger partial charge on any atom is 0.257 e. The smallest absolute Gasteiger partial charge is 0.257 e. The lowest BCUT2D eigenvalue weighted by atomic mass is 9.92. The highest BCUT2D eigenvalue weighted by Crippen LogP contribution is 2.27. The van der Waals surface area contributed by atoms with Gasteiger partial charge < -0.3 is 14.9 Å². The van der Waals surface area contributed by atoms with Crippen LogP contribution in [-0.2, 0) is 4.79 Å². The molecule has 0 aromatic heterocycles. The summed E-state index contributed by atoms with van der Waals surface area (Å²) in [5, 5.41) is 10.3. The fraction of sp³-hybridized carbons (Fsp3) is 0.556. The lowest BCUT2D eigenvalue weighted by molar-refractivity contribution is -0.131. The van der Waals surface area contributed by atoms with Gasteiger partial charge in [0.1, 0.15) is 5.75 Å². The van der Waals surface area contributed by atoms with Gasteiger partial charge in [-0.2, -0.15) is 0 Å². The van der Waals surface area contributed by atoms with Crippen LogP contribution in [0.3, 0.4) is 0 Å². The highest BCUT2D eigenvalue weighted by molar-refractivity contribution is 6.30. The molecule has 0 spiro atoms. The van der Waals surface area contributed by atoms with Crippen LogP contribution in [0, 0.1) is 5.92 Å². The summed E-state index contributed by atoms with van der Waals surface area (Å²) in [7, 11) is 0. The first kappa shape index (κ1) is 17.1. The first-order valence-electron chi connectivity index (χ1n) is 8.60. The lowest BCUT2D eigenvalue weighted by Crippen LogP contribution is -2.40. The molecule has 2 aliphatic rings. The van der Waals surface area contributed by atoms with Crippen LogP contribution in [0.4, 0.5) is 0 Å². The van der Waals surface area contributed by atoms with Gasteiger partial charge >= 0.3 is 0 Å². The van der Waals surface area contributed by atoms with Crippen LogP contribution in [0.5, 0.6) is 5.75 Å². The van der Waals surface area contributed by atoms with Crippen molar-refractivity contribution in [1.82, 2.24) is 9.80 Å². The van der Waals surface area contributed by atoms with E-state index in [1.807, 2.05) is 4.90 Å². The third-order valence-corrected chi connectivity index (χ3v) is 5.25. The largest absolute Gasteiger partial charge is 0.507 e. The molecular formula is C18H23ClN2O3. The number of carbonyl (C=O) groups excluding carboxylic acids is 2. The van der Waals surface area contributed by atoms with Crippen LogP contribution in [0.2, 0.25) is 5.02 Å². The van der Waals surface area contributed by atoms with Crippen molar-refractivity contribution in [3.8, 4) is 5.75 Å². The zero-order valence-electron chi connectivity index (χ0n) is 13.7. The fourth-order valence-electron chi connectivity index (χ4n) is 3.54. The number of nitrogens with zero attached hydrogens (tertiary/aromatic N) is 2. The number of hydrogen-bond acceptors (Lipinski definition) is 3. The Morgan fingerprint density at radius 2 is 1.75 bits per heavy atom. The molecule has 0 unspecified atom stereocenters. The number of amides is 2. The van der Waals surface area contributed by atoms with Gasteiger partial charge in [-0.1, -0.05) is 11.6 Å². The third-order valence-electron chi connectivity index (χ3n) is 5.01. The van der Waals surface area contributed by atoms with E-state index in [2.05, 4.69) is 0 Å². The van der Waals surface area contributed by atoms with Crippen LogP contribution in [0.15, 0.2) is 18.2 Å². The summed E-state index contributed by atoms with van der Waals surface area (Å²) in [6, 6.07) is 4.55. The summed E-state index contributed by atoms with van der Waals surface area (Å²) in [5.74, 6) is 0.348. The minimum Gasteiger partial charge on any atom is -0.507 e. The zero-order chi connectivity index (χ0) is 17.1. The van der Waals surface area contributed by atoms with Gasteiger partial charge in [0.05, 0.1) is 5.56 Å². The summed E-state index contributed by atoms with van der Waals surface area (Å²) < 4.78 is 0. The maximum absolute atomic E-state index is 12.5. The predicted molar refractivity (Wildman–Crippen MR) is 92.2 cm³/mol. The molecule has 2 saturated heterocycles. The number of aromatic hydroxyl groups is 1. The second kappa shape index (κ2) is 7.43. The SMILES string of the molecule is O=C(CC1CCN(C(=O)c2ccc(Cl)cc2O)CC1)N1CCCC1. The Labute approximate surface area is 147 Å². The Morgan fingerprint density at radius 3 is 2.38 bits per heavy atom. The summed E-state index contributed by atoms with van der Waals surface area (Å²) in [4.78, 5) is 28.5. The minimum absolute atomic E-state index is 0.0844. The van der Waals surface area contributed by atoms with Crippen molar-refractivity contribution < 1.29 is 14.7 Å². The van der Waals surface area contributed by atoms with E-state index in [4.69, 9.17) is 11.6 Å². The first-order chi connectivity index (χ1) is 11.5. The molecule has 0 atom stereocenters. The number of phenols is 1. The molecule has 6 heteroatoms. The molecular weight excluding hydrogens is 328 g/mol. The van der Waals surface area contributed by atoms with Crippen molar-refractivity contribution in [1.29, 1.82) is 0 Å². The van der Waals surface area contributed by atoms with Crippen molar-refractivity contribution in [2.75, 3.05) is 26.2 Å². The Bertz CT molecular complexity index is 621.